The van der Waals surface area contributed by atoms with Crippen LogP contribution in [-0.2, 0) is 14.3 Å². The molecule has 2 aromatic carbocycles. The van der Waals surface area contributed by atoms with Gasteiger partial charge in [-0.25, -0.2) is 0 Å². The highest BCUT2D eigenvalue weighted by molar-refractivity contribution is 5.89. The predicted molar refractivity (Wildman–Crippen MR) is 95.2 cm³/mol. The number of piperidine rings is 1. The number of amides is 1. The summed E-state index contributed by atoms with van der Waals surface area (Å²) < 4.78 is 11.5. The van der Waals surface area contributed by atoms with Gasteiger partial charge in [0.2, 0.25) is 5.91 Å². The van der Waals surface area contributed by atoms with Crippen molar-refractivity contribution in [2.75, 3.05) is 26.3 Å². The van der Waals surface area contributed by atoms with Crippen molar-refractivity contribution in [2.24, 2.45) is 5.92 Å². The van der Waals surface area contributed by atoms with Crippen molar-refractivity contribution < 1.29 is 14.3 Å². The van der Waals surface area contributed by atoms with E-state index in [0.717, 1.165) is 32.4 Å². The van der Waals surface area contributed by atoms with Gasteiger partial charge >= 0.3 is 0 Å². The van der Waals surface area contributed by atoms with E-state index in [1.165, 1.54) is 16.3 Å². The van der Waals surface area contributed by atoms with Crippen LogP contribution >= 0.6 is 0 Å². The zero-order valence-corrected chi connectivity index (χ0v) is 14.3. The molecule has 0 aromatic heterocycles. The van der Waals surface area contributed by atoms with Crippen LogP contribution in [0, 0.1) is 5.92 Å². The van der Waals surface area contributed by atoms with E-state index in [-0.39, 0.29) is 5.92 Å². The van der Waals surface area contributed by atoms with Crippen molar-refractivity contribution in [3.05, 3.63) is 48.0 Å². The summed E-state index contributed by atoms with van der Waals surface area (Å²) >= 11 is 0. The maximum atomic E-state index is 12.9. The van der Waals surface area contributed by atoms with E-state index in [0.29, 0.717) is 25.0 Å². The molecular weight excluding hydrogens is 314 g/mol. The number of nitrogens with zero attached hydrogens (tertiary/aromatic N) is 1. The first-order valence-electron chi connectivity index (χ1n) is 9.30. The van der Waals surface area contributed by atoms with Gasteiger partial charge in [-0.15, -0.1) is 0 Å². The number of benzene rings is 2. The van der Waals surface area contributed by atoms with Crippen LogP contribution < -0.4 is 0 Å². The van der Waals surface area contributed by atoms with Crippen molar-refractivity contribution in [1.29, 1.82) is 0 Å². The molecule has 4 nitrogen and oxygen atoms in total. The number of carbonyl (C=O) groups excluding carboxylic acids is 1. The average molecular weight is 337 g/mol. The Morgan fingerprint density at radius 1 is 1.00 bits per heavy atom. The van der Waals surface area contributed by atoms with Crippen LogP contribution in [0.5, 0.6) is 0 Å². The Balaban J connectivity index is 1.29. The Hall–Kier alpha value is -1.91. The Labute approximate surface area is 147 Å². The van der Waals surface area contributed by atoms with Gasteiger partial charge in [-0.2, -0.15) is 0 Å². The second kappa shape index (κ2) is 5.82. The zero-order chi connectivity index (χ0) is 16.9. The first kappa shape index (κ1) is 15.4. The monoisotopic (exact) mass is 337 g/mol. The largest absolute Gasteiger partial charge is 0.347 e. The fourth-order valence-electron chi connectivity index (χ4n) is 4.47. The van der Waals surface area contributed by atoms with E-state index in [9.17, 15) is 4.79 Å². The molecule has 0 N–H and O–H groups in total. The van der Waals surface area contributed by atoms with E-state index < -0.39 is 5.79 Å². The van der Waals surface area contributed by atoms with Gasteiger partial charge in [0.05, 0.1) is 13.2 Å². The quantitative estimate of drug-likeness (QED) is 0.844. The first-order valence-corrected chi connectivity index (χ1v) is 9.30. The van der Waals surface area contributed by atoms with E-state index in [1.807, 2.05) is 4.90 Å². The molecule has 3 aliphatic rings. The minimum Gasteiger partial charge on any atom is -0.347 e. The maximum Gasteiger partial charge on any atom is 0.226 e. The summed E-state index contributed by atoms with van der Waals surface area (Å²) in [6.45, 7) is 2.86. The lowest BCUT2D eigenvalue weighted by Crippen LogP contribution is -2.47. The number of carbonyl (C=O) groups is 1. The second-order valence-electron chi connectivity index (χ2n) is 7.45. The van der Waals surface area contributed by atoms with Gasteiger partial charge in [-0.05, 0) is 28.7 Å². The van der Waals surface area contributed by atoms with Crippen molar-refractivity contribution >= 4 is 16.7 Å². The Morgan fingerprint density at radius 2 is 1.72 bits per heavy atom. The van der Waals surface area contributed by atoms with Crippen molar-refractivity contribution in [3.8, 4) is 0 Å². The third-order valence-electron chi connectivity index (χ3n) is 5.98. The summed E-state index contributed by atoms with van der Waals surface area (Å²) in [5.74, 6) is 0.416. The third-order valence-corrected chi connectivity index (χ3v) is 5.98. The number of hydrogen-bond donors (Lipinski definition) is 0. The molecule has 3 fully saturated rings. The van der Waals surface area contributed by atoms with Crippen molar-refractivity contribution in [3.63, 3.8) is 0 Å². The van der Waals surface area contributed by atoms with Crippen LogP contribution in [0.15, 0.2) is 42.5 Å². The molecule has 0 unspecified atom stereocenters. The molecule has 2 aliphatic heterocycles. The Morgan fingerprint density at radius 3 is 2.52 bits per heavy atom. The highest BCUT2D eigenvalue weighted by atomic mass is 16.7. The first-order chi connectivity index (χ1) is 12.3. The topological polar surface area (TPSA) is 38.8 Å². The van der Waals surface area contributed by atoms with Crippen LogP contribution in [-0.4, -0.2) is 42.9 Å². The lowest BCUT2D eigenvalue weighted by Gasteiger charge is -2.37. The fourth-order valence-corrected chi connectivity index (χ4v) is 4.47. The molecule has 1 saturated carbocycles. The molecule has 1 aliphatic carbocycles. The molecule has 1 spiro atoms. The summed E-state index contributed by atoms with van der Waals surface area (Å²) in [5.41, 5.74) is 1.33. The number of rotatable bonds is 2. The highest BCUT2D eigenvalue weighted by Crippen LogP contribution is 2.50. The Kier molecular flexibility index (Phi) is 3.57. The molecule has 2 saturated heterocycles. The molecule has 2 heterocycles. The summed E-state index contributed by atoms with van der Waals surface area (Å²) in [4.78, 5) is 14.9. The smallest absolute Gasteiger partial charge is 0.226 e. The van der Waals surface area contributed by atoms with Crippen LogP contribution in [0.1, 0.15) is 30.7 Å². The molecule has 0 radical (unpaired) electrons. The van der Waals surface area contributed by atoms with Gasteiger partial charge in [0.25, 0.3) is 0 Å². The summed E-state index contributed by atoms with van der Waals surface area (Å²) in [5, 5.41) is 2.55. The highest BCUT2D eigenvalue weighted by Gasteiger charge is 2.48. The van der Waals surface area contributed by atoms with Crippen molar-refractivity contribution in [1.82, 2.24) is 4.90 Å². The van der Waals surface area contributed by atoms with E-state index >= 15 is 0 Å². The van der Waals surface area contributed by atoms with Crippen LogP contribution in [0.2, 0.25) is 0 Å². The molecule has 2 atom stereocenters. The Bertz CT molecular complexity index is 796. The summed E-state index contributed by atoms with van der Waals surface area (Å²) in [6.07, 6.45) is 2.57. The van der Waals surface area contributed by atoms with Gasteiger partial charge in [0.1, 0.15) is 0 Å². The number of hydrogen-bond acceptors (Lipinski definition) is 3. The van der Waals surface area contributed by atoms with E-state index in [4.69, 9.17) is 9.47 Å². The van der Waals surface area contributed by atoms with E-state index in [2.05, 4.69) is 42.5 Å². The molecular formula is C21H23NO3. The third kappa shape index (κ3) is 2.64. The minimum atomic E-state index is -0.407. The predicted octanol–water partition coefficient (Wildman–Crippen LogP) is 3.31. The minimum absolute atomic E-state index is 0.144. The van der Waals surface area contributed by atoms with Gasteiger partial charge in [-0.1, -0.05) is 42.5 Å². The molecule has 1 amide bonds. The molecule has 4 heteroatoms. The fraction of sp³-hybridized carbons (Fsp3) is 0.476. The second-order valence-corrected chi connectivity index (χ2v) is 7.45. The maximum absolute atomic E-state index is 12.9. The molecule has 130 valence electrons. The van der Waals surface area contributed by atoms with E-state index in [1.54, 1.807) is 0 Å². The molecule has 0 bridgehead atoms. The zero-order valence-electron chi connectivity index (χ0n) is 14.3. The van der Waals surface area contributed by atoms with Gasteiger partial charge in [0, 0.05) is 31.8 Å². The standard InChI is InChI=1S/C21H23NO3/c23-20(22-10-8-21(9-11-22)24-12-13-25-21)19-14-18(19)17-7-3-5-15-4-1-2-6-16(15)17/h1-7,18-19H,8-14H2/t18-,19-/m0/s1. The van der Waals surface area contributed by atoms with Gasteiger partial charge in [0.15, 0.2) is 5.79 Å². The molecule has 25 heavy (non-hydrogen) atoms. The SMILES string of the molecule is O=C([C@H]1C[C@H]1c1cccc2ccccc12)N1CCC2(CC1)OCCO2. The van der Waals surface area contributed by atoms with Gasteiger partial charge in [-0.3, -0.25) is 4.79 Å². The number of fused-ring (bicyclic) bond motifs is 1. The van der Waals surface area contributed by atoms with Gasteiger partial charge < -0.3 is 14.4 Å². The summed E-state index contributed by atoms with van der Waals surface area (Å²) in [7, 11) is 0. The van der Waals surface area contributed by atoms with Crippen molar-refractivity contribution in [2.45, 2.75) is 31.0 Å². The number of ether oxygens (including phenoxy) is 2. The lowest BCUT2D eigenvalue weighted by atomic mass is 9.99. The lowest BCUT2D eigenvalue weighted by molar-refractivity contribution is -0.187. The normalized spacial score (nSPS) is 27.8. The van der Waals surface area contributed by atoms with Crippen LogP contribution in [0.4, 0.5) is 0 Å². The van der Waals surface area contributed by atoms with Crippen LogP contribution in [0.25, 0.3) is 10.8 Å². The van der Waals surface area contributed by atoms with Crippen LogP contribution in [0.3, 0.4) is 0 Å². The number of likely N-dealkylation sites (tertiary alicyclic amines) is 1. The molecule has 2 aromatic rings. The molecule has 5 rings (SSSR count). The average Bonchev–Trinajstić information content (AvgIpc) is 3.34. The summed E-state index contributed by atoms with van der Waals surface area (Å²) in [6, 6.07) is 14.9.